The van der Waals surface area contributed by atoms with Crippen LogP contribution in [0.4, 0.5) is 5.69 Å². The first kappa shape index (κ1) is 16.1. The molecule has 3 aliphatic heterocycles. The number of anilines is 1. The third-order valence-electron chi connectivity index (χ3n) is 5.02. The van der Waals surface area contributed by atoms with E-state index >= 15 is 0 Å². The number of aromatic nitrogens is 2. The lowest BCUT2D eigenvalue weighted by Crippen LogP contribution is -2.68. The number of fused-ring (bicyclic) bond motifs is 2. The average molecular weight is 410 g/mol. The zero-order valence-corrected chi connectivity index (χ0v) is 15.7. The zero-order chi connectivity index (χ0) is 16.8. The number of hydrogen-bond acceptors (Lipinski definition) is 4. The smallest absolute Gasteiger partial charge is 0.287 e. The molecule has 0 saturated carbocycles. The van der Waals surface area contributed by atoms with Gasteiger partial charge in [-0.3, -0.25) is 9.69 Å². The van der Waals surface area contributed by atoms with Crippen molar-refractivity contribution in [1.82, 2.24) is 14.7 Å². The second-order valence-corrected chi connectivity index (χ2v) is 7.81. The van der Waals surface area contributed by atoms with Crippen molar-refractivity contribution in [3.05, 3.63) is 55.9 Å². The molecule has 3 fully saturated rings. The Hall–Kier alpha value is -1.37. The van der Waals surface area contributed by atoms with E-state index < -0.39 is 0 Å². The van der Waals surface area contributed by atoms with Gasteiger partial charge in [0.15, 0.2) is 0 Å². The average Bonchev–Trinajstić information content (AvgIpc) is 2.59. The number of nitrogens with zero attached hydrogens (tertiary/aromatic N) is 4. The molecule has 4 heterocycles. The van der Waals surface area contributed by atoms with E-state index in [9.17, 15) is 4.79 Å². The number of benzene rings is 1. The standard InChI is InChI=1S/C17H18BrClN4O/c1-21-17(24)16(19)15(7-20-21)22-9-13-6-14(10-22)23(13)8-11-2-4-12(18)5-3-11/h2-5,7,13-14H,6,8-10H2,1H3. The molecule has 24 heavy (non-hydrogen) atoms. The minimum atomic E-state index is -0.236. The van der Waals surface area contributed by atoms with Crippen molar-refractivity contribution in [2.45, 2.75) is 25.0 Å². The summed E-state index contributed by atoms with van der Waals surface area (Å²) in [4.78, 5) is 16.7. The van der Waals surface area contributed by atoms with Gasteiger partial charge in [-0.2, -0.15) is 5.10 Å². The van der Waals surface area contributed by atoms with Crippen LogP contribution in [0.2, 0.25) is 5.02 Å². The quantitative estimate of drug-likeness (QED) is 0.781. The molecule has 0 radical (unpaired) electrons. The van der Waals surface area contributed by atoms with Crippen LogP contribution in [0.1, 0.15) is 12.0 Å². The molecule has 0 amide bonds. The fraction of sp³-hybridized carbons (Fsp3) is 0.412. The summed E-state index contributed by atoms with van der Waals surface area (Å²) in [5.41, 5.74) is 1.85. The van der Waals surface area contributed by atoms with Crippen LogP contribution < -0.4 is 10.5 Å². The van der Waals surface area contributed by atoms with E-state index in [-0.39, 0.29) is 10.6 Å². The van der Waals surface area contributed by atoms with E-state index in [1.807, 2.05) is 0 Å². The maximum Gasteiger partial charge on any atom is 0.287 e. The normalized spacial score (nSPS) is 23.2. The number of halogens is 2. The summed E-state index contributed by atoms with van der Waals surface area (Å²) in [5, 5.41) is 4.38. The molecule has 0 spiro atoms. The summed E-state index contributed by atoms with van der Waals surface area (Å²) in [7, 11) is 1.62. The Labute approximate surface area is 154 Å². The largest absolute Gasteiger partial charge is 0.366 e. The summed E-state index contributed by atoms with van der Waals surface area (Å²) < 4.78 is 2.38. The Kier molecular flexibility index (Phi) is 4.14. The summed E-state index contributed by atoms with van der Waals surface area (Å²) in [5.74, 6) is 0. The first-order valence-corrected chi connectivity index (χ1v) is 9.17. The first-order valence-electron chi connectivity index (χ1n) is 8.00. The van der Waals surface area contributed by atoms with Gasteiger partial charge in [-0.25, -0.2) is 4.68 Å². The first-order chi connectivity index (χ1) is 11.5. The summed E-state index contributed by atoms with van der Waals surface area (Å²) in [6.45, 7) is 2.75. The third kappa shape index (κ3) is 2.76. The van der Waals surface area contributed by atoms with Crippen LogP contribution >= 0.6 is 27.5 Å². The monoisotopic (exact) mass is 408 g/mol. The predicted molar refractivity (Wildman–Crippen MR) is 98.6 cm³/mol. The Bertz CT molecular complexity index is 810. The van der Waals surface area contributed by atoms with E-state index in [0.717, 1.165) is 29.8 Å². The van der Waals surface area contributed by atoms with Crippen LogP contribution in [0.15, 0.2) is 39.7 Å². The van der Waals surface area contributed by atoms with Crippen molar-refractivity contribution in [2.24, 2.45) is 7.05 Å². The lowest BCUT2D eigenvalue weighted by molar-refractivity contribution is -0.00846. The van der Waals surface area contributed by atoms with Gasteiger partial charge >= 0.3 is 0 Å². The van der Waals surface area contributed by atoms with Crippen molar-refractivity contribution >= 4 is 33.2 Å². The molecule has 0 aliphatic carbocycles. The van der Waals surface area contributed by atoms with Gasteiger partial charge in [0.2, 0.25) is 0 Å². The lowest BCUT2D eigenvalue weighted by atomic mass is 9.86. The number of piperidine rings is 1. The molecule has 7 heteroatoms. The molecule has 1 aromatic carbocycles. The van der Waals surface area contributed by atoms with Gasteiger partial charge in [-0.15, -0.1) is 0 Å². The Morgan fingerprint density at radius 2 is 1.92 bits per heavy atom. The minimum absolute atomic E-state index is 0.236. The van der Waals surface area contributed by atoms with Crippen molar-refractivity contribution in [3.63, 3.8) is 0 Å². The fourth-order valence-corrected chi connectivity index (χ4v) is 4.22. The molecule has 2 bridgehead atoms. The van der Waals surface area contributed by atoms with Crippen molar-refractivity contribution in [3.8, 4) is 0 Å². The van der Waals surface area contributed by atoms with E-state index in [1.165, 1.54) is 16.7 Å². The predicted octanol–water partition coefficient (Wildman–Crippen LogP) is 2.66. The second kappa shape index (κ2) is 6.17. The highest BCUT2D eigenvalue weighted by Gasteiger charge is 2.44. The molecule has 5 rings (SSSR count). The van der Waals surface area contributed by atoms with Gasteiger partial charge in [0.05, 0.1) is 11.9 Å². The van der Waals surface area contributed by atoms with Crippen LogP contribution in [-0.2, 0) is 13.6 Å². The van der Waals surface area contributed by atoms with Crippen LogP contribution in [0.25, 0.3) is 0 Å². The summed E-state index contributed by atoms with van der Waals surface area (Å²) in [6, 6.07) is 9.51. The zero-order valence-electron chi connectivity index (χ0n) is 13.3. The molecular formula is C17H18BrClN4O. The fourth-order valence-electron chi connectivity index (χ4n) is 3.67. The van der Waals surface area contributed by atoms with Gasteiger partial charge in [-0.05, 0) is 24.1 Å². The molecule has 5 nitrogen and oxygen atoms in total. The Morgan fingerprint density at radius 1 is 1.25 bits per heavy atom. The van der Waals surface area contributed by atoms with E-state index in [4.69, 9.17) is 11.6 Å². The van der Waals surface area contributed by atoms with Crippen molar-refractivity contribution in [2.75, 3.05) is 18.0 Å². The van der Waals surface area contributed by atoms with Gasteiger partial charge in [-0.1, -0.05) is 39.7 Å². The second-order valence-electron chi connectivity index (χ2n) is 6.52. The Balaban J connectivity index is 1.48. The van der Waals surface area contributed by atoms with E-state index in [0.29, 0.717) is 12.1 Å². The van der Waals surface area contributed by atoms with Gasteiger partial charge in [0, 0.05) is 43.2 Å². The van der Waals surface area contributed by atoms with Crippen molar-refractivity contribution in [1.29, 1.82) is 0 Å². The van der Waals surface area contributed by atoms with Crippen LogP contribution in [0, 0.1) is 0 Å². The van der Waals surface area contributed by atoms with Crippen LogP contribution in [0.3, 0.4) is 0 Å². The molecule has 1 aromatic heterocycles. The highest BCUT2D eigenvalue weighted by Crippen LogP contribution is 2.37. The molecule has 3 aliphatic rings. The summed E-state index contributed by atoms with van der Waals surface area (Å²) in [6.07, 6.45) is 2.91. The van der Waals surface area contributed by atoms with Crippen molar-refractivity contribution < 1.29 is 0 Å². The van der Waals surface area contributed by atoms with Gasteiger partial charge in [0.25, 0.3) is 5.56 Å². The van der Waals surface area contributed by atoms with E-state index in [1.54, 1.807) is 13.2 Å². The molecule has 3 saturated heterocycles. The molecule has 126 valence electrons. The maximum absolute atomic E-state index is 12.0. The van der Waals surface area contributed by atoms with Crippen LogP contribution in [-0.4, -0.2) is 39.9 Å². The molecule has 2 aromatic rings. The minimum Gasteiger partial charge on any atom is -0.366 e. The topological polar surface area (TPSA) is 41.4 Å². The molecule has 2 unspecified atom stereocenters. The number of aryl methyl sites for hydroxylation is 1. The van der Waals surface area contributed by atoms with E-state index in [2.05, 4.69) is 55.1 Å². The molecule has 2 atom stereocenters. The van der Waals surface area contributed by atoms with Gasteiger partial charge < -0.3 is 4.90 Å². The van der Waals surface area contributed by atoms with Gasteiger partial charge in [0.1, 0.15) is 5.02 Å². The Morgan fingerprint density at radius 3 is 2.58 bits per heavy atom. The number of piperazine rings is 1. The number of hydrogen-bond donors (Lipinski definition) is 0. The lowest BCUT2D eigenvalue weighted by Gasteiger charge is -2.57. The third-order valence-corrected chi connectivity index (χ3v) is 5.91. The summed E-state index contributed by atoms with van der Waals surface area (Å²) >= 11 is 9.72. The molecule has 0 N–H and O–H groups in total. The molecular weight excluding hydrogens is 392 g/mol. The van der Waals surface area contributed by atoms with Crippen LogP contribution in [0.5, 0.6) is 0 Å². The SMILES string of the molecule is Cn1ncc(N2CC3CC(C2)N3Cc2ccc(Br)cc2)c(Cl)c1=O. The number of rotatable bonds is 3. The highest BCUT2D eigenvalue weighted by molar-refractivity contribution is 9.10. The highest BCUT2D eigenvalue weighted by atomic mass is 79.9. The maximum atomic E-state index is 12.0.